The van der Waals surface area contributed by atoms with Crippen molar-refractivity contribution in [3.8, 4) is 5.75 Å². The van der Waals surface area contributed by atoms with Crippen LogP contribution in [-0.4, -0.2) is 41.9 Å². The van der Waals surface area contributed by atoms with E-state index in [2.05, 4.69) is 19.1 Å². The second kappa shape index (κ2) is 10.2. The van der Waals surface area contributed by atoms with Crippen molar-refractivity contribution in [1.82, 2.24) is 9.80 Å². The van der Waals surface area contributed by atoms with Gasteiger partial charge in [0.2, 0.25) is 0 Å². The van der Waals surface area contributed by atoms with Gasteiger partial charge >= 0.3 is 0 Å². The number of carbonyl (C=O) groups is 1. The maximum atomic E-state index is 13.9. The molecule has 2 heterocycles. The Hall–Kier alpha value is -2.77. The minimum atomic E-state index is -0.827. The molecule has 0 bridgehead atoms. The number of carbonyl (C=O) groups excluding carboxylic acids is 1. The smallest absolute Gasteiger partial charge is 0.264 e. The summed E-state index contributed by atoms with van der Waals surface area (Å²) in [6.45, 7) is 5.23. The van der Waals surface area contributed by atoms with Gasteiger partial charge in [-0.2, -0.15) is 0 Å². The van der Waals surface area contributed by atoms with Gasteiger partial charge in [-0.25, -0.2) is 8.78 Å². The minimum Gasteiger partial charge on any atom is -0.489 e. The number of halogens is 2. The lowest BCUT2D eigenvalue weighted by Gasteiger charge is -2.34. The number of aryl methyl sites for hydroxylation is 1. The molecular weight excluding hydrogens is 430 g/mol. The zero-order valence-corrected chi connectivity index (χ0v) is 18.8. The summed E-state index contributed by atoms with van der Waals surface area (Å²) in [6.07, 6.45) is 0.992. The molecule has 4 rings (SSSR count). The Balaban J connectivity index is 1.28. The zero-order valence-electron chi connectivity index (χ0n) is 18.0. The zero-order chi connectivity index (χ0) is 22.5. The molecule has 2 aromatic carbocycles. The molecule has 1 aromatic heterocycles. The van der Waals surface area contributed by atoms with Crippen molar-refractivity contribution in [3.05, 3.63) is 87.1 Å². The van der Waals surface area contributed by atoms with Crippen LogP contribution < -0.4 is 4.74 Å². The predicted molar refractivity (Wildman–Crippen MR) is 122 cm³/mol. The highest BCUT2D eigenvalue weighted by Gasteiger charge is 2.24. The van der Waals surface area contributed by atoms with Crippen molar-refractivity contribution in [2.45, 2.75) is 26.5 Å². The van der Waals surface area contributed by atoms with Crippen molar-refractivity contribution in [1.29, 1.82) is 0 Å². The summed E-state index contributed by atoms with van der Waals surface area (Å²) in [5.74, 6) is -0.801. The Bertz CT molecular complexity index is 1060. The molecule has 1 saturated heterocycles. The van der Waals surface area contributed by atoms with Gasteiger partial charge in [0.05, 0.1) is 4.88 Å². The first-order valence-corrected chi connectivity index (χ1v) is 11.6. The molecular formula is C25H26F2N2O2S. The van der Waals surface area contributed by atoms with E-state index in [1.165, 1.54) is 23.0 Å². The van der Waals surface area contributed by atoms with E-state index >= 15 is 0 Å². The molecule has 4 nitrogen and oxygen atoms in total. The van der Waals surface area contributed by atoms with E-state index < -0.39 is 11.6 Å². The molecule has 3 aromatic rings. The molecule has 1 aliphatic heterocycles. The standard InChI is InChI=1S/C25H26F2N2O2S/c1-2-18-6-8-21(9-7-18)31-16-19-14-23(32-17-19)25(30)29-12-10-28(11-13-29)15-20-4-3-5-22(26)24(20)27/h3-9,14,17H,2,10-13,15-16H2,1H3. The molecule has 0 radical (unpaired) electrons. The van der Waals surface area contributed by atoms with Gasteiger partial charge in [-0.3, -0.25) is 9.69 Å². The Kier molecular flexibility index (Phi) is 7.17. The SMILES string of the molecule is CCc1ccc(OCc2csc(C(=O)N3CCN(Cc4cccc(F)c4F)CC3)c2)cc1. The van der Waals surface area contributed by atoms with E-state index in [0.29, 0.717) is 49.8 Å². The predicted octanol–water partition coefficient (Wildman–Crippen LogP) is 5.13. The summed E-state index contributed by atoms with van der Waals surface area (Å²) < 4.78 is 33.2. The second-order valence-electron chi connectivity index (χ2n) is 7.89. The van der Waals surface area contributed by atoms with Crippen LogP contribution >= 0.6 is 11.3 Å². The maximum absolute atomic E-state index is 13.9. The van der Waals surface area contributed by atoms with Crippen LogP contribution in [0.25, 0.3) is 0 Å². The number of benzene rings is 2. The highest BCUT2D eigenvalue weighted by atomic mass is 32.1. The second-order valence-corrected chi connectivity index (χ2v) is 8.80. The summed E-state index contributed by atoms with van der Waals surface area (Å²) in [4.78, 5) is 17.4. The number of hydrogen-bond donors (Lipinski definition) is 0. The molecule has 32 heavy (non-hydrogen) atoms. The highest BCUT2D eigenvalue weighted by molar-refractivity contribution is 7.12. The Morgan fingerprint density at radius 2 is 1.78 bits per heavy atom. The molecule has 1 aliphatic rings. The van der Waals surface area contributed by atoms with Gasteiger partial charge in [-0.05, 0) is 41.6 Å². The normalized spacial score (nSPS) is 14.5. The average molecular weight is 457 g/mol. The summed E-state index contributed by atoms with van der Waals surface area (Å²) in [6, 6.07) is 14.2. The lowest BCUT2D eigenvalue weighted by atomic mass is 10.1. The number of hydrogen-bond acceptors (Lipinski definition) is 4. The van der Waals surface area contributed by atoms with Gasteiger partial charge in [0, 0.05) is 43.9 Å². The van der Waals surface area contributed by atoms with Crippen LogP contribution in [0.3, 0.4) is 0 Å². The monoisotopic (exact) mass is 456 g/mol. The highest BCUT2D eigenvalue weighted by Crippen LogP contribution is 2.21. The van der Waals surface area contributed by atoms with E-state index in [1.54, 1.807) is 6.07 Å². The van der Waals surface area contributed by atoms with Crippen molar-refractivity contribution in [2.24, 2.45) is 0 Å². The third-order valence-electron chi connectivity index (χ3n) is 5.69. The Labute approximate surface area is 191 Å². The first kappa shape index (κ1) is 22.4. The lowest BCUT2D eigenvalue weighted by molar-refractivity contribution is 0.0631. The lowest BCUT2D eigenvalue weighted by Crippen LogP contribution is -2.48. The van der Waals surface area contributed by atoms with Gasteiger partial charge in [-0.15, -0.1) is 11.3 Å². The van der Waals surface area contributed by atoms with Gasteiger partial charge in [0.15, 0.2) is 11.6 Å². The number of nitrogens with zero attached hydrogens (tertiary/aromatic N) is 2. The van der Waals surface area contributed by atoms with Crippen LogP contribution in [0.15, 0.2) is 53.9 Å². The fraction of sp³-hybridized carbons (Fsp3) is 0.320. The number of thiophene rings is 1. The largest absolute Gasteiger partial charge is 0.489 e. The van der Waals surface area contributed by atoms with Gasteiger partial charge in [0.1, 0.15) is 12.4 Å². The third kappa shape index (κ3) is 5.34. The topological polar surface area (TPSA) is 32.8 Å². The fourth-order valence-corrected chi connectivity index (χ4v) is 4.59. The number of rotatable bonds is 7. The van der Waals surface area contributed by atoms with Crippen LogP contribution in [0.5, 0.6) is 5.75 Å². The van der Waals surface area contributed by atoms with Crippen molar-refractivity contribution >= 4 is 17.2 Å². The van der Waals surface area contributed by atoms with E-state index in [4.69, 9.17) is 4.74 Å². The molecule has 0 spiro atoms. The van der Waals surface area contributed by atoms with E-state index in [0.717, 1.165) is 23.8 Å². The van der Waals surface area contributed by atoms with E-state index in [1.807, 2.05) is 33.4 Å². The van der Waals surface area contributed by atoms with Crippen LogP contribution in [0.2, 0.25) is 0 Å². The minimum absolute atomic E-state index is 0.00475. The van der Waals surface area contributed by atoms with E-state index in [-0.39, 0.29) is 5.91 Å². The number of ether oxygens (including phenoxy) is 1. The number of piperazine rings is 1. The van der Waals surface area contributed by atoms with Crippen molar-refractivity contribution in [3.63, 3.8) is 0 Å². The Morgan fingerprint density at radius 1 is 1.03 bits per heavy atom. The average Bonchev–Trinajstić information content (AvgIpc) is 3.30. The first-order chi connectivity index (χ1) is 15.5. The van der Waals surface area contributed by atoms with Crippen LogP contribution in [0.1, 0.15) is 33.3 Å². The Morgan fingerprint density at radius 3 is 2.50 bits per heavy atom. The van der Waals surface area contributed by atoms with Crippen molar-refractivity contribution in [2.75, 3.05) is 26.2 Å². The van der Waals surface area contributed by atoms with Crippen molar-refractivity contribution < 1.29 is 18.3 Å². The molecule has 0 N–H and O–H groups in total. The summed E-state index contributed by atoms with van der Waals surface area (Å²) in [5.41, 5.74) is 2.58. The fourth-order valence-electron chi connectivity index (χ4n) is 3.73. The molecule has 0 aliphatic carbocycles. The molecule has 7 heteroatoms. The van der Waals surface area contributed by atoms with Crippen LogP contribution in [0, 0.1) is 11.6 Å². The third-order valence-corrected chi connectivity index (χ3v) is 6.65. The van der Waals surface area contributed by atoms with E-state index in [9.17, 15) is 13.6 Å². The van der Waals surface area contributed by atoms with Gasteiger partial charge in [0.25, 0.3) is 5.91 Å². The van der Waals surface area contributed by atoms with Crippen LogP contribution in [-0.2, 0) is 19.6 Å². The summed E-state index contributed by atoms with van der Waals surface area (Å²) in [7, 11) is 0. The van der Waals surface area contributed by atoms with Crippen LogP contribution in [0.4, 0.5) is 8.78 Å². The molecule has 1 amide bonds. The van der Waals surface area contributed by atoms with Gasteiger partial charge < -0.3 is 9.64 Å². The summed E-state index contributed by atoms with van der Waals surface area (Å²) >= 11 is 1.42. The molecule has 1 fully saturated rings. The summed E-state index contributed by atoms with van der Waals surface area (Å²) in [5, 5.41) is 1.95. The molecule has 168 valence electrons. The molecule has 0 unspecified atom stereocenters. The molecule has 0 atom stereocenters. The maximum Gasteiger partial charge on any atom is 0.264 e. The first-order valence-electron chi connectivity index (χ1n) is 10.8. The molecule has 0 saturated carbocycles. The number of amides is 1. The van der Waals surface area contributed by atoms with Gasteiger partial charge in [-0.1, -0.05) is 31.2 Å². The quantitative estimate of drug-likeness (QED) is 0.494.